The number of carbonyl (C=O) groups excluding carboxylic acids is 2. The van der Waals surface area contributed by atoms with Gasteiger partial charge in [-0.3, -0.25) is 4.79 Å². The van der Waals surface area contributed by atoms with Crippen molar-refractivity contribution in [1.82, 2.24) is 5.32 Å². The average molecular weight is 544 g/mol. The number of aliphatic hydroxyl groups is 1. The van der Waals surface area contributed by atoms with Crippen molar-refractivity contribution >= 4 is 22.9 Å². The summed E-state index contributed by atoms with van der Waals surface area (Å²) in [6.07, 6.45) is 1.59. The molecule has 5 rings (SSSR count). The van der Waals surface area contributed by atoms with Crippen LogP contribution in [0.4, 0.5) is 0 Å². The molecule has 1 atom stereocenters. The predicted octanol–water partition coefficient (Wildman–Crippen LogP) is 3.12. The van der Waals surface area contributed by atoms with Crippen LogP contribution in [0.25, 0.3) is 22.3 Å². The smallest absolute Gasteiger partial charge is 0.336 e. The van der Waals surface area contributed by atoms with Crippen LogP contribution in [-0.2, 0) is 16.0 Å². The van der Waals surface area contributed by atoms with E-state index in [0.29, 0.717) is 18.5 Å². The fourth-order valence-electron chi connectivity index (χ4n) is 4.11. The van der Waals surface area contributed by atoms with Gasteiger partial charge in [0.2, 0.25) is 11.2 Å². The molecule has 4 aromatic rings. The molecule has 0 aliphatic carbocycles. The second kappa shape index (κ2) is 11.9. The van der Waals surface area contributed by atoms with Crippen LogP contribution in [0.15, 0.2) is 88.1 Å². The first-order valence-corrected chi connectivity index (χ1v) is 12.5. The van der Waals surface area contributed by atoms with E-state index in [-0.39, 0.29) is 52.9 Å². The Morgan fingerprint density at radius 2 is 1.62 bits per heavy atom. The SMILES string of the molecule is O=C1/C=C\C(=O)Oc2cc(OCC(O)CNCCc3ccc(O)cc3)cc3oc(-c4ccccc4)c(c(=O)c23)O1. The Bertz CT molecular complexity index is 1630. The minimum atomic E-state index is -0.935. The highest BCUT2D eigenvalue weighted by Gasteiger charge is 2.25. The van der Waals surface area contributed by atoms with Gasteiger partial charge >= 0.3 is 11.9 Å². The van der Waals surface area contributed by atoms with Crippen LogP contribution < -0.4 is 25.0 Å². The monoisotopic (exact) mass is 543 g/mol. The van der Waals surface area contributed by atoms with Gasteiger partial charge < -0.3 is 34.2 Å². The summed E-state index contributed by atoms with van der Waals surface area (Å²) in [4.78, 5) is 38.0. The standard InChI is InChI=1S/C30H25NO9/c32-20-8-6-18(7-9-20)12-13-31-16-21(33)17-37-22-14-23-27-24(15-22)39-29(19-4-2-1-3-5-19)30(28(27)36)40-26(35)11-10-25(34)38-23/h1-11,14-15,21,31-33H,12-13,16-17H2/b11-10-. The molecule has 3 aromatic carbocycles. The molecule has 1 aliphatic heterocycles. The van der Waals surface area contributed by atoms with Gasteiger partial charge in [-0.2, -0.15) is 0 Å². The minimum absolute atomic E-state index is 0.0210. The molecule has 0 spiro atoms. The molecule has 2 heterocycles. The van der Waals surface area contributed by atoms with Crippen LogP contribution in [0.2, 0.25) is 0 Å². The Balaban J connectivity index is 1.37. The molecule has 0 saturated carbocycles. The maximum Gasteiger partial charge on any atom is 0.336 e. The number of aromatic hydroxyl groups is 1. The summed E-state index contributed by atoms with van der Waals surface area (Å²) in [6, 6.07) is 18.3. The zero-order chi connectivity index (χ0) is 28.1. The van der Waals surface area contributed by atoms with Gasteiger partial charge in [0.05, 0.1) is 0 Å². The van der Waals surface area contributed by atoms with Crippen molar-refractivity contribution in [2.45, 2.75) is 12.5 Å². The van der Waals surface area contributed by atoms with Gasteiger partial charge in [0, 0.05) is 36.4 Å². The zero-order valence-electron chi connectivity index (χ0n) is 21.2. The maximum absolute atomic E-state index is 13.5. The summed E-state index contributed by atoms with van der Waals surface area (Å²) in [5.41, 5.74) is 0.869. The topological polar surface area (TPSA) is 145 Å². The summed E-state index contributed by atoms with van der Waals surface area (Å²) in [5, 5.41) is 22.8. The van der Waals surface area contributed by atoms with Crippen LogP contribution in [0.3, 0.4) is 0 Å². The minimum Gasteiger partial charge on any atom is -0.508 e. The van der Waals surface area contributed by atoms with Gasteiger partial charge in [0.25, 0.3) is 0 Å². The van der Waals surface area contributed by atoms with E-state index in [1.807, 2.05) is 12.1 Å². The summed E-state index contributed by atoms with van der Waals surface area (Å²) >= 11 is 0. The van der Waals surface area contributed by atoms with E-state index < -0.39 is 23.5 Å². The van der Waals surface area contributed by atoms with E-state index >= 15 is 0 Å². The molecule has 0 radical (unpaired) electrons. The first-order valence-electron chi connectivity index (χ1n) is 12.5. The van der Waals surface area contributed by atoms with E-state index in [1.165, 1.54) is 12.1 Å². The molecule has 0 amide bonds. The maximum atomic E-state index is 13.5. The third-order valence-corrected chi connectivity index (χ3v) is 6.04. The highest BCUT2D eigenvalue weighted by Crippen LogP contribution is 2.37. The largest absolute Gasteiger partial charge is 0.508 e. The number of rotatable bonds is 9. The number of phenolic OH excluding ortho intramolecular Hbond substituents is 1. The number of hydrogen-bond donors (Lipinski definition) is 3. The number of hydrogen-bond acceptors (Lipinski definition) is 10. The van der Waals surface area contributed by atoms with Crippen molar-refractivity contribution in [3.63, 3.8) is 0 Å². The highest BCUT2D eigenvalue weighted by atomic mass is 16.6. The molecule has 3 N–H and O–H groups in total. The summed E-state index contributed by atoms with van der Waals surface area (Å²) < 4.78 is 22.4. The fraction of sp³-hybridized carbons (Fsp3) is 0.167. The first kappa shape index (κ1) is 26.7. The third kappa shape index (κ3) is 6.20. The van der Waals surface area contributed by atoms with Crippen molar-refractivity contribution in [3.05, 3.63) is 94.7 Å². The second-order valence-electron chi connectivity index (χ2n) is 9.01. The summed E-state index contributed by atoms with van der Waals surface area (Å²) in [5.74, 6) is -1.90. The number of carbonyl (C=O) groups is 2. The van der Waals surface area contributed by atoms with Gasteiger partial charge in [-0.15, -0.1) is 0 Å². The second-order valence-corrected chi connectivity index (χ2v) is 9.01. The lowest BCUT2D eigenvalue weighted by Crippen LogP contribution is -2.32. The van der Waals surface area contributed by atoms with Gasteiger partial charge in [0.15, 0.2) is 5.76 Å². The lowest BCUT2D eigenvalue weighted by molar-refractivity contribution is -0.131. The molecule has 204 valence electrons. The van der Waals surface area contributed by atoms with Crippen molar-refractivity contribution in [2.24, 2.45) is 0 Å². The molecule has 10 heteroatoms. The van der Waals surface area contributed by atoms with Crippen molar-refractivity contribution in [1.29, 1.82) is 0 Å². The lowest BCUT2D eigenvalue weighted by Gasteiger charge is -2.16. The lowest BCUT2D eigenvalue weighted by atomic mass is 10.1. The Kier molecular flexibility index (Phi) is 7.90. The van der Waals surface area contributed by atoms with E-state index in [0.717, 1.165) is 17.7 Å². The van der Waals surface area contributed by atoms with Crippen molar-refractivity contribution < 1.29 is 38.4 Å². The predicted molar refractivity (Wildman–Crippen MR) is 145 cm³/mol. The van der Waals surface area contributed by atoms with E-state index in [2.05, 4.69) is 5.32 Å². The Morgan fingerprint density at radius 1 is 0.900 bits per heavy atom. The van der Waals surface area contributed by atoms with Crippen LogP contribution >= 0.6 is 0 Å². The van der Waals surface area contributed by atoms with Gasteiger partial charge in [-0.1, -0.05) is 42.5 Å². The molecule has 10 nitrogen and oxygen atoms in total. The van der Waals surface area contributed by atoms with Gasteiger partial charge in [-0.25, -0.2) is 9.59 Å². The number of aliphatic hydroxyl groups excluding tert-OH is 1. The molecule has 1 aromatic heterocycles. The van der Waals surface area contributed by atoms with Crippen LogP contribution in [0, 0.1) is 0 Å². The van der Waals surface area contributed by atoms with Gasteiger partial charge in [-0.05, 0) is 30.7 Å². The summed E-state index contributed by atoms with van der Waals surface area (Å²) in [6.45, 7) is 0.752. The number of ether oxygens (including phenoxy) is 3. The molecular formula is C30H25NO9. The zero-order valence-corrected chi connectivity index (χ0v) is 21.2. The molecule has 0 fully saturated rings. The van der Waals surface area contributed by atoms with Crippen LogP contribution in [0.1, 0.15) is 5.56 Å². The van der Waals surface area contributed by atoms with Gasteiger partial charge in [0.1, 0.15) is 40.9 Å². The average Bonchev–Trinajstić information content (AvgIpc) is 2.95. The Hall–Kier alpha value is -4.93. The summed E-state index contributed by atoms with van der Waals surface area (Å²) in [7, 11) is 0. The number of esters is 2. The van der Waals surface area contributed by atoms with Crippen LogP contribution in [-0.4, -0.2) is 48.0 Å². The normalized spacial score (nSPS) is 14.4. The van der Waals surface area contributed by atoms with E-state index in [1.54, 1.807) is 42.5 Å². The van der Waals surface area contributed by atoms with E-state index in [4.69, 9.17) is 18.6 Å². The molecular weight excluding hydrogens is 518 g/mol. The molecule has 2 bridgehead atoms. The number of phenols is 1. The van der Waals surface area contributed by atoms with Crippen molar-refractivity contribution in [2.75, 3.05) is 19.7 Å². The molecule has 0 saturated heterocycles. The number of nitrogens with one attached hydrogen (secondary N) is 1. The van der Waals surface area contributed by atoms with Crippen molar-refractivity contribution in [3.8, 4) is 34.3 Å². The fourth-order valence-corrected chi connectivity index (χ4v) is 4.11. The van der Waals surface area contributed by atoms with Crippen LogP contribution in [0.5, 0.6) is 23.0 Å². The van der Waals surface area contributed by atoms with E-state index in [9.17, 15) is 24.6 Å². The molecule has 40 heavy (non-hydrogen) atoms. The Morgan fingerprint density at radius 3 is 2.38 bits per heavy atom. The Labute approximate surface area is 228 Å². The highest BCUT2D eigenvalue weighted by molar-refractivity contribution is 5.98. The third-order valence-electron chi connectivity index (χ3n) is 6.04. The quantitative estimate of drug-likeness (QED) is 0.164. The molecule has 1 aliphatic rings. The first-order chi connectivity index (χ1) is 19.4. The number of benzene rings is 3. The molecule has 1 unspecified atom stereocenters. The number of fused-ring (bicyclic) bond motifs is 1.